The molecular formula is C17H28N2. The van der Waals surface area contributed by atoms with E-state index in [-0.39, 0.29) is 5.41 Å². The summed E-state index contributed by atoms with van der Waals surface area (Å²) in [6.45, 7) is 12.4. The van der Waals surface area contributed by atoms with Crippen molar-refractivity contribution >= 4 is 5.69 Å². The highest BCUT2D eigenvalue weighted by molar-refractivity contribution is 5.49. The predicted molar refractivity (Wildman–Crippen MR) is 84.1 cm³/mol. The Balaban J connectivity index is 2.05. The van der Waals surface area contributed by atoms with E-state index in [2.05, 4.69) is 62.2 Å². The fourth-order valence-electron chi connectivity index (χ4n) is 2.84. The van der Waals surface area contributed by atoms with Gasteiger partial charge in [0.15, 0.2) is 0 Å². The molecule has 2 nitrogen and oxygen atoms in total. The normalized spacial score (nSPS) is 20.6. The van der Waals surface area contributed by atoms with Crippen molar-refractivity contribution in [1.29, 1.82) is 0 Å². The fourth-order valence-corrected chi connectivity index (χ4v) is 2.84. The molecule has 1 atom stereocenters. The summed E-state index contributed by atoms with van der Waals surface area (Å²) in [7, 11) is 0. The van der Waals surface area contributed by atoms with E-state index in [9.17, 15) is 0 Å². The summed E-state index contributed by atoms with van der Waals surface area (Å²) >= 11 is 0. The van der Waals surface area contributed by atoms with Crippen LogP contribution in [0, 0.1) is 0 Å². The maximum atomic E-state index is 3.58. The zero-order valence-electron chi connectivity index (χ0n) is 12.9. The van der Waals surface area contributed by atoms with Gasteiger partial charge in [0.2, 0.25) is 0 Å². The molecule has 1 aromatic carbocycles. The molecule has 2 rings (SSSR count). The number of nitrogens with one attached hydrogen (secondary N) is 1. The molecule has 1 N–H and O–H groups in total. The van der Waals surface area contributed by atoms with Crippen molar-refractivity contribution in [2.24, 2.45) is 0 Å². The topological polar surface area (TPSA) is 15.3 Å². The van der Waals surface area contributed by atoms with Crippen LogP contribution in [0.3, 0.4) is 0 Å². The second-order valence-corrected chi connectivity index (χ2v) is 6.64. The van der Waals surface area contributed by atoms with E-state index in [0.717, 1.165) is 13.1 Å². The number of hydrogen-bond donors (Lipinski definition) is 1. The van der Waals surface area contributed by atoms with Crippen LogP contribution in [0.1, 0.15) is 46.1 Å². The van der Waals surface area contributed by atoms with Crippen LogP contribution in [-0.2, 0) is 5.41 Å². The van der Waals surface area contributed by atoms with E-state index >= 15 is 0 Å². The highest BCUT2D eigenvalue weighted by Gasteiger charge is 2.20. The van der Waals surface area contributed by atoms with Gasteiger partial charge in [0.1, 0.15) is 0 Å². The van der Waals surface area contributed by atoms with Crippen LogP contribution in [-0.4, -0.2) is 25.7 Å². The second-order valence-electron chi connectivity index (χ2n) is 6.64. The lowest BCUT2D eigenvalue weighted by Gasteiger charge is -2.35. The standard InChI is InChI=1S/C17H28N2/c1-5-18-15-7-6-12-19(13-15)16-10-8-14(9-11-16)17(2,3)4/h8-11,15,18H,5-7,12-13H2,1-4H3. The number of rotatable bonds is 3. The van der Waals surface area contributed by atoms with Crippen molar-refractivity contribution in [3.8, 4) is 0 Å². The number of likely N-dealkylation sites (N-methyl/N-ethyl adjacent to an activating group) is 1. The molecule has 2 heteroatoms. The van der Waals surface area contributed by atoms with Crippen LogP contribution >= 0.6 is 0 Å². The highest BCUT2D eigenvalue weighted by atomic mass is 15.2. The summed E-state index contributed by atoms with van der Waals surface area (Å²) in [6.07, 6.45) is 2.60. The van der Waals surface area contributed by atoms with E-state index in [1.165, 1.54) is 30.6 Å². The second kappa shape index (κ2) is 5.96. The molecule has 0 amide bonds. The van der Waals surface area contributed by atoms with E-state index in [1.54, 1.807) is 0 Å². The maximum absolute atomic E-state index is 3.58. The number of hydrogen-bond acceptors (Lipinski definition) is 2. The summed E-state index contributed by atoms with van der Waals surface area (Å²) in [4.78, 5) is 2.52. The maximum Gasteiger partial charge on any atom is 0.0366 e. The van der Waals surface area contributed by atoms with Crippen LogP contribution in [0.15, 0.2) is 24.3 Å². The molecule has 1 aromatic rings. The zero-order chi connectivity index (χ0) is 13.9. The summed E-state index contributed by atoms with van der Waals surface area (Å²) in [5.41, 5.74) is 3.03. The molecule has 0 bridgehead atoms. The Labute approximate surface area is 118 Å². The summed E-state index contributed by atoms with van der Waals surface area (Å²) in [5, 5.41) is 3.58. The van der Waals surface area contributed by atoms with Gasteiger partial charge >= 0.3 is 0 Å². The van der Waals surface area contributed by atoms with Crippen molar-refractivity contribution in [1.82, 2.24) is 5.32 Å². The molecule has 19 heavy (non-hydrogen) atoms. The Morgan fingerprint density at radius 3 is 2.47 bits per heavy atom. The Hall–Kier alpha value is -1.02. The van der Waals surface area contributed by atoms with Crippen LogP contribution < -0.4 is 10.2 Å². The molecule has 1 saturated heterocycles. The Bertz CT molecular complexity index is 387. The van der Waals surface area contributed by atoms with Gasteiger partial charge in [0.05, 0.1) is 0 Å². The average molecular weight is 260 g/mol. The monoisotopic (exact) mass is 260 g/mol. The lowest BCUT2D eigenvalue weighted by molar-refractivity contribution is 0.431. The minimum absolute atomic E-state index is 0.243. The van der Waals surface area contributed by atoms with Gasteiger partial charge in [-0.25, -0.2) is 0 Å². The first-order chi connectivity index (χ1) is 9.00. The Morgan fingerprint density at radius 2 is 1.89 bits per heavy atom. The molecular weight excluding hydrogens is 232 g/mol. The third kappa shape index (κ3) is 3.73. The van der Waals surface area contributed by atoms with E-state index in [1.807, 2.05) is 0 Å². The molecule has 1 aliphatic heterocycles. The van der Waals surface area contributed by atoms with Gasteiger partial charge in [-0.15, -0.1) is 0 Å². The van der Waals surface area contributed by atoms with Gasteiger partial charge in [0, 0.05) is 24.8 Å². The van der Waals surface area contributed by atoms with Gasteiger partial charge in [-0.05, 0) is 42.5 Å². The highest BCUT2D eigenvalue weighted by Crippen LogP contribution is 2.26. The van der Waals surface area contributed by atoms with E-state index in [0.29, 0.717) is 6.04 Å². The smallest absolute Gasteiger partial charge is 0.0366 e. The molecule has 0 aromatic heterocycles. The lowest BCUT2D eigenvalue weighted by Crippen LogP contribution is -2.45. The van der Waals surface area contributed by atoms with Crippen LogP contribution in [0.2, 0.25) is 0 Å². The zero-order valence-corrected chi connectivity index (χ0v) is 12.9. The van der Waals surface area contributed by atoms with Crippen LogP contribution in [0.5, 0.6) is 0 Å². The van der Waals surface area contributed by atoms with E-state index in [4.69, 9.17) is 0 Å². The first-order valence-electron chi connectivity index (χ1n) is 7.59. The average Bonchev–Trinajstić information content (AvgIpc) is 2.39. The minimum Gasteiger partial charge on any atom is -0.370 e. The van der Waals surface area contributed by atoms with Crippen LogP contribution in [0.25, 0.3) is 0 Å². The molecule has 1 unspecified atom stereocenters. The molecule has 1 heterocycles. The quantitative estimate of drug-likeness (QED) is 0.894. The molecule has 0 radical (unpaired) electrons. The van der Waals surface area contributed by atoms with Crippen molar-refractivity contribution in [3.05, 3.63) is 29.8 Å². The number of anilines is 1. The molecule has 0 saturated carbocycles. The summed E-state index contributed by atoms with van der Waals surface area (Å²) < 4.78 is 0. The van der Waals surface area contributed by atoms with Gasteiger partial charge < -0.3 is 10.2 Å². The number of benzene rings is 1. The van der Waals surface area contributed by atoms with Crippen molar-refractivity contribution in [2.75, 3.05) is 24.5 Å². The van der Waals surface area contributed by atoms with Gasteiger partial charge in [-0.3, -0.25) is 0 Å². The Kier molecular flexibility index (Phi) is 4.51. The molecule has 0 spiro atoms. The molecule has 1 aliphatic rings. The Morgan fingerprint density at radius 1 is 1.21 bits per heavy atom. The van der Waals surface area contributed by atoms with Gasteiger partial charge in [-0.2, -0.15) is 0 Å². The van der Waals surface area contributed by atoms with Crippen molar-refractivity contribution in [3.63, 3.8) is 0 Å². The lowest BCUT2D eigenvalue weighted by atomic mass is 9.87. The van der Waals surface area contributed by atoms with Crippen molar-refractivity contribution < 1.29 is 0 Å². The molecule has 0 aliphatic carbocycles. The van der Waals surface area contributed by atoms with Gasteiger partial charge in [-0.1, -0.05) is 39.8 Å². The first-order valence-corrected chi connectivity index (χ1v) is 7.59. The third-order valence-corrected chi connectivity index (χ3v) is 4.01. The van der Waals surface area contributed by atoms with Crippen molar-refractivity contribution in [2.45, 2.75) is 52.0 Å². The molecule has 106 valence electrons. The minimum atomic E-state index is 0.243. The number of nitrogens with zero attached hydrogens (tertiary/aromatic N) is 1. The van der Waals surface area contributed by atoms with Gasteiger partial charge in [0.25, 0.3) is 0 Å². The third-order valence-electron chi connectivity index (χ3n) is 4.01. The number of piperidine rings is 1. The van der Waals surface area contributed by atoms with Crippen LogP contribution in [0.4, 0.5) is 5.69 Å². The molecule has 1 fully saturated rings. The van der Waals surface area contributed by atoms with E-state index < -0.39 is 0 Å². The summed E-state index contributed by atoms with van der Waals surface area (Å²) in [5.74, 6) is 0. The predicted octanol–water partition coefficient (Wildman–Crippen LogP) is 3.56. The first kappa shape index (κ1) is 14.4. The summed E-state index contributed by atoms with van der Waals surface area (Å²) in [6, 6.07) is 9.79. The SMILES string of the molecule is CCNC1CCCN(c2ccc(C(C)(C)C)cc2)C1. The largest absolute Gasteiger partial charge is 0.370 e. The fraction of sp³-hybridized carbons (Fsp3) is 0.647.